The Hall–Kier alpha value is -4.38. The normalized spacial score (nSPS) is 21.5. The lowest BCUT2D eigenvalue weighted by Crippen LogP contribution is -2.60. The van der Waals surface area contributed by atoms with Gasteiger partial charge >= 0.3 is 0 Å². The minimum absolute atomic E-state index is 0.232. The van der Waals surface area contributed by atoms with E-state index in [0.29, 0.717) is 17.9 Å². The standard InChI is InChI=1S/C33H43N5O6/c1-20(2)28(36-30(39)21(3)37(4)5)33(42)38-17-15-26-29(38)32(41)35-25(18-22-10-8-7-9-11-22)31(40)34-16-14-23-12-13-24(44-26)19-27(23)43-6/h7-14,16,19-21,25-26,28-29H,15,17-18H2,1-6H3,(H,34,40)(H,35,41)(H,36,39)/t21-,25+,26-,28+,29-/m0/s1. The van der Waals surface area contributed by atoms with Crippen LogP contribution < -0.4 is 25.4 Å². The average molecular weight is 606 g/mol. The molecule has 0 aliphatic carbocycles. The Bertz CT molecular complexity index is 1380. The fourth-order valence-electron chi connectivity index (χ4n) is 5.35. The number of methoxy groups -OCH3 is 1. The molecule has 5 atom stereocenters. The molecule has 0 spiro atoms. The van der Waals surface area contributed by atoms with Crippen LogP contribution in [0.2, 0.25) is 0 Å². The van der Waals surface area contributed by atoms with Crippen molar-refractivity contribution in [3.05, 3.63) is 65.9 Å². The summed E-state index contributed by atoms with van der Waals surface area (Å²) < 4.78 is 11.9. The highest BCUT2D eigenvalue weighted by Crippen LogP contribution is 2.30. The fraction of sp³-hybridized carbons (Fsp3) is 0.455. The first-order chi connectivity index (χ1) is 21.0. The highest BCUT2D eigenvalue weighted by atomic mass is 16.5. The smallest absolute Gasteiger partial charge is 0.247 e. The maximum absolute atomic E-state index is 14.1. The summed E-state index contributed by atoms with van der Waals surface area (Å²) in [5.41, 5.74) is 1.59. The number of likely N-dealkylation sites (tertiary alicyclic amines) is 1. The topological polar surface area (TPSA) is 129 Å². The lowest BCUT2D eigenvalue weighted by molar-refractivity contribution is -0.144. The number of carbonyl (C=O) groups is 4. The Morgan fingerprint density at radius 1 is 1.09 bits per heavy atom. The van der Waals surface area contributed by atoms with E-state index in [1.54, 1.807) is 50.2 Å². The molecule has 1 fully saturated rings. The largest absolute Gasteiger partial charge is 0.496 e. The first-order valence-corrected chi connectivity index (χ1v) is 14.9. The van der Waals surface area contributed by atoms with Gasteiger partial charge in [0.25, 0.3) is 0 Å². The van der Waals surface area contributed by atoms with Crippen molar-refractivity contribution in [2.75, 3.05) is 27.7 Å². The van der Waals surface area contributed by atoms with Gasteiger partial charge in [-0.25, -0.2) is 0 Å². The van der Waals surface area contributed by atoms with E-state index in [-0.39, 0.29) is 30.7 Å². The second-order valence-corrected chi connectivity index (χ2v) is 11.8. The first-order valence-electron chi connectivity index (χ1n) is 14.9. The van der Waals surface area contributed by atoms with Crippen LogP contribution in [0.25, 0.3) is 6.08 Å². The molecule has 2 aromatic carbocycles. The Labute approximate surface area is 258 Å². The minimum atomic E-state index is -1.05. The van der Waals surface area contributed by atoms with Gasteiger partial charge in [-0.3, -0.25) is 24.1 Å². The van der Waals surface area contributed by atoms with E-state index in [0.717, 1.165) is 11.1 Å². The van der Waals surface area contributed by atoms with Gasteiger partial charge in [0.05, 0.1) is 13.2 Å². The van der Waals surface area contributed by atoms with E-state index in [2.05, 4.69) is 16.0 Å². The molecule has 4 amide bonds. The number of ether oxygens (including phenoxy) is 2. The van der Waals surface area contributed by atoms with E-state index in [4.69, 9.17) is 9.47 Å². The molecule has 3 aliphatic heterocycles. The number of nitrogens with zero attached hydrogens (tertiary/aromatic N) is 2. The Morgan fingerprint density at radius 2 is 1.82 bits per heavy atom. The average Bonchev–Trinajstić information content (AvgIpc) is 3.42. The summed E-state index contributed by atoms with van der Waals surface area (Å²) in [5, 5.41) is 8.58. The summed E-state index contributed by atoms with van der Waals surface area (Å²) in [6.45, 7) is 5.69. The molecular formula is C33H43N5O6. The zero-order valence-electron chi connectivity index (χ0n) is 26.2. The second kappa shape index (κ2) is 14.4. The van der Waals surface area contributed by atoms with Crippen molar-refractivity contribution < 1.29 is 28.7 Å². The number of carbonyl (C=O) groups excluding carboxylic acids is 4. The number of rotatable bonds is 8. The van der Waals surface area contributed by atoms with E-state index >= 15 is 0 Å². The third-order valence-corrected chi connectivity index (χ3v) is 8.18. The number of hydrogen-bond acceptors (Lipinski definition) is 7. The highest BCUT2D eigenvalue weighted by Gasteiger charge is 2.46. The molecule has 236 valence electrons. The van der Waals surface area contributed by atoms with Crippen LogP contribution in [0.1, 0.15) is 38.3 Å². The van der Waals surface area contributed by atoms with Gasteiger partial charge in [-0.15, -0.1) is 0 Å². The maximum Gasteiger partial charge on any atom is 0.247 e. The molecule has 11 heteroatoms. The molecule has 0 saturated carbocycles. The molecule has 3 N–H and O–H groups in total. The number of likely N-dealkylation sites (N-methyl/N-ethyl adjacent to an activating group) is 1. The molecule has 3 heterocycles. The van der Waals surface area contributed by atoms with Crippen molar-refractivity contribution >= 4 is 29.7 Å². The molecular weight excluding hydrogens is 562 g/mol. The summed E-state index contributed by atoms with van der Waals surface area (Å²) >= 11 is 0. The van der Waals surface area contributed by atoms with Crippen LogP contribution in [0.4, 0.5) is 0 Å². The molecule has 11 nitrogen and oxygen atoms in total. The van der Waals surface area contributed by atoms with Crippen LogP contribution in [0.5, 0.6) is 11.5 Å². The third kappa shape index (κ3) is 7.57. The van der Waals surface area contributed by atoms with E-state index in [9.17, 15) is 19.2 Å². The quantitative estimate of drug-likeness (QED) is 0.420. The summed E-state index contributed by atoms with van der Waals surface area (Å²) in [4.78, 5) is 57.8. The predicted molar refractivity (Wildman–Crippen MR) is 167 cm³/mol. The first kappa shape index (κ1) is 32.5. The molecule has 5 rings (SSSR count). The lowest BCUT2D eigenvalue weighted by atomic mass is 10.0. The SMILES string of the molecule is COc1cc2ccc1C=CNC(=O)[C@@H](Cc1ccccc1)NC(=O)[C@@H]1[C@H](CCN1C(=O)[C@H](NC(=O)[C@H](C)N(C)C)C(C)C)O2. The number of hydrogen-bond donors (Lipinski definition) is 3. The van der Waals surface area contributed by atoms with Gasteiger partial charge < -0.3 is 30.3 Å². The molecule has 44 heavy (non-hydrogen) atoms. The van der Waals surface area contributed by atoms with Gasteiger partial charge in [0.2, 0.25) is 23.6 Å². The number of fused-ring (bicyclic) bond motifs is 7. The van der Waals surface area contributed by atoms with Crippen molar-refractivity contribution in [2.24, 2.45) is 5.92 Å². The molecule has 0 radical (unpaired) electrons. The van der Waals surface area contributed by atoms with Gasteiger partial charge in [0, 0.05) is 37.2 Å². The summed E-state index contributed by atoms with van der Waals surface area (Å²) in [6.07, 6.45) is 3.12. The maximum atomic E-state index is 14.1. The van der Waals surface area contributed by atoms with Crippen molar-refractivity contribution in [1.82, 2.24) is 25.8 Å². The lowest BCUT2D eigenvalue weighted by Gasteiger charge is -2.33. The van der Waals surface area contributed by atoms with Gasteiger partial charge in [-0.05, 0) is 50.7 Å². The van der Waals surface area contributed by atoms with Crippen LogP contribution >= 0.6 is 0 Å². The van der Waals surface area contributed by atoms with Crippen LogP contribution in [-0.4, -0.2) is 91.4 Å². The van der Waals surface area contributed by atoms with E-state index < -0.39 is 42.1 Å². The van der Waals surface area contributed by atoms with Crippen LogP contribution in [0.3, 0.4) is 0 Å². The number of benzene rings is 2. The molecule has 2 aromatic rings. The zero-order chi connectivity index (χ0) is 32.0. The van der Waals surface area contributed by atoms with Gasteiger partial charge in [0.1, 0.15) is 35.7 Å². The van der Waals surface area contributed by atoms with Crippen LogP contribution in [0.15, 0.2) is 54.7 Å². The fourth-order valence-corrected chi connectivity index (χ4v) is 5.35. The van der Waals surface area contributed by atoms with E-state index in [1.165, 1.54) is 18.2 Å². The summed E-state index contributed by atoms with van der Waals surface area (Å²) in [6, 6.07) is 11.3. The molecule has 3 aliphatic rings. The molecule has 1 saturated heterocycles. The number of amides is 4. The summed E-state index contributed by atoms with van der Waals surface area (Å²) in [7, 11) is 5.12. The van der Waals surface area contributed by atoms with Crippen molar-refractivity contribution in [1.29, 1.82) is 0 Å². The van der Waals surface area contributed by atoms with Crippen molar-refractivity contribution in [3.63, 3.8) is 0 Å². The van der Waals surface area contributed by atoms with Gasteiger partial charge in [0.15, 0.2) is 0 Å². The van der Waals surface area contributed by atoms with E-state index in [1.807, 2.05) is 44.2 Å². The predicted octanol–water partition coefficient (Wildman–Crippen LogP) is 1.96. The molecule has 0 unspecified atom stereocenters. The van der Waals surface area contributed by atoms with Crippen molar-refractivity contribution in [3.8, 4) is 11.5 Å². The summed E-state index contributed by atoms with van der Waals surface area (Å²) in [5.74, 6) is -0.845. The van der Waals surface area contributed by atoms with Gasteiger partial charge in [-0.1, -0.05) is 44.2 Å². The Morgan fingerprint density at radius 3 is 2.48 bits per heavy atom. The van der Waals surface area contributed by atoms with Crippen molar-refractivity contribution in [2.45, 2.75) is 63.9 Å². The zero-order valence-corrected chi connectivity index (χ0v) is 26.2. The van der Waals surface area contributed by atoms with Crippen LogP contribution in [0, 0.1) is 5.92 Å². The van der Waals surface area contributed by atoms with Crippen LogP contribution in [-0.2, 0) is 25.6 Å². The molecule has 0 aromatic heterocycles. The second-order valence-electron chi connectivity index (χ2n) is 11.8. The number of nitrogens with one attached hydrogen (secondary N) is 3. The monoisotopic (exact) mass is 605 g/mol. The highest BCUT2D eigenvalue weighted by molar-refractivity contribution is 5.96. The minimum Gasteiger partial charge on any atom is -0.496 e. The molecule has 2 bridgehead atoms. The Balaban J connectivity index is 1.71. The van der Waals surface area contributed by atoms with Gasteiger partial charge in [-0.2, -0.15) is 0 Å². The Kier molecular flexibility index (Phi) is 10.6. The third-order valence-electron chi connectivity index (χ3n) is 8.18.